The number of hydrogen-bond acceptors (Lipinski definition) is 4. The SMILES string of the molecule is c1ccc(-c2ccc(-c3ccccc3)c3c2-c2cccc4c(-c5nc(-c6cccc(-n7c8ccccc8c8ccccc87)c6)nc(-c6ccc7c(c6)oc6ccccc67)n5)ccc-3c24)cc1. The van der Waals surface area contributed by atoms with Gasteiger partial charge >= 0.3 is 0 Å². The van der Waals surface area contributed by atoms with Crippen molar-refractivity contribution in [1.82, 2.24) is 19.5 Å². The summed E-state index contributed by atoms with van der Waals surface area (Å²) in [6.07, 6.45) is 0. The first kappa shape index (κ1) is 36.5. The average molecular weight is 841 g/mol. The molecule has 3 aromatic heterocycles. The third-order valence-corrected chi connectivity index (χ3v) is 13.4. The molecular weight excluding hydrogens is 805 g/mol. The van der Waals surface area contributed by atoms with Gasteiger partial charge in [-0.15, -0.1) is 0 Å². The minimum Gasteiger partial charge on any atom is -0.456 e. The molecule has 0 N–H and O–H groups in total. The Morgan fingerprint density at radius 1 is 0.303 bits per heavy atom. The quantitative estimate of drug-likeness (QED) is 0.167. The molecule has 1 aliphatic carbocycles. The molecule has 0 unspecified atom stereocenters. The van der Waals surface area contributed by atoms with Crippen LogP contribution < -0.4 is 0 Å². The highest BCUT2D eigenvalue weighted by molar-refractivity contribution is 6.23. The molecule has 14 rings (SSSR count). The second-order valence-electron chi connectivity index (χ2n) is 17.1. The normalized spacial score (nSPS) is 11.9. The number of fused-ring (bicyclic) bond motifs is 9. The van der Waals surface area contributed by atoms with E-state index in [-0.39, 0.29) is 0 Å². The van der Waals surface area contributed by atoms with Crippen LogP contribution in [0.25, 0.3) is 139 Å². The Morgan fingerprint density at radius 2 is 0.803 bits per heavy atom. The Kier molecular flexibility index (Phi) is 7.91. The number of rotatable bonds is 6. The van der Waals surface area contributed by atoms with Gasteiger partial charge in [0.2, 0.25) is 0 Å². The molecular formula is C61H36N4O. The lowest BCUT2D eigenvalue weighted by atomic mass is 9.88. The van der Waals surface area contributed by atoms with Gasteiger partial charge in [-0.25, -0.2) is 15.0 Å². The second-order valence-corrected chi connectivity index (χ2v) is 17.1. The van der Waals surface area contributed by atoms with Gasteiger partial charge in [0.1, 0.15) is 11.2 Å². The Labute approximate surface area is 379 Å². The van der Waals surface area contributed by atoms with E-state index in [1.165, 1.54) is 60.7 Å². The highest BCUT2D eigenvalue weighted by atomic mass is 16.3. The average Bonchev–Trinajstić information content (AvgIpc) is 4.05. The van der Waals surface area contributed by atoms with Crippen LogP contribution in [0.5, 0.6) is 0 Å². The number of hydrogen-bond donors (Lipinski definition) is 0. The first-order valence-electron chi connectivity index (χ1n) is 22.3. The lowest BCUT2D eigenvalue weighted by Gasteiger charge is -2.15. The van der Waals surface area contributed by atoms with Gasteiger partial charge in [0.25, 0.3) is 0 Å². The molecule has 66 heavy (non-hydrogen) atoms. The fraction of sp³-hybridized carbons (Fsp3) is 0. The topological polar surface area (TPSA) is 56.7 Å². The number of nitrogens with zero attached hydrogens (tertiary/aromatic N) is 4. The monoisotopic (exact) mass is 840 g/mol. The summed E-state index contributed by atoms with van der Waals surface area (Å²) in [6.45, 7) is 0. The summed E-state index contributed by atoms with van der Waals surface area (Å²) in [7, 11) is 0. The van der Waals surface area contributed by atoms with Gasteiger partial charge in [0.15, 0.2) is 17.5 Å². The first-order chi connectivity index (χ1) is 32.7. The smallest absolute Gasteiger partial charge is 0.164 e. The Hall–Kier alpha value is -8.93. The molecule has 3 heterocycles. The summed E-state index contributed by atoms with van der Waals surface area (Å²) in [4.78, 5) is 16.0. The van der Waals surface area contributed by atoms with E-state index in [2.05, 4.69) is 205 Å². The predicted molar refractivity (Wildman–Crippen MR) is 271 cm³/mol. The van der Waals surface area contributed by atoms with Crippen molar-refractivity contribution in [3.05, 3.63) is 218 Å². The third-order valence-electron chi connectivity index (χ3n) is 13.4. The molecule has 13 aromatic rings. The lowest BCUT2D eigenvalue weighted by molar-refractivity contribution is 0.669. The third kappa shape index (κ3) is 5.50. The van der Waals surface area contributed by atoms with Crippen molar-refractivity contribution in [3.8, 4) is 84.4 Å². The molecule has 0 aliphatic heterocycles. The maximum Gasteiger partial charge on any atom is 0.164 e. The molecule has 0 amide bonds. The van der Waals surface area contributed by atoms with Crippen LogP contribution in [0.2, 0.25) is 0 Å². The molecule has 0 atom stereocenters. The zero-order valence-corrected chi connectivity index (χ0v) is 35.5. The molecule has 0 bridgehead atoms. The van der Waals surface area contributed by atoms with E-state index in [0.717, 1.165) is 60.7 Å². The number of para-hydroxylation sites is 3. The van der Waals surface area contributed by atoms with Crippen molar-refractivity contribution < 1.29 is 4.42 Å². The van der Waals surface area contributed by atoms with Gasteiger partial charge in [0.05, 0.1) is 11.0 Å². The summed E-state index contributed by atoms with van der Waals surface area (Å²) in [5.41, 5.74) is 17.4. The van der Waals surface area contributed by atoms with E-state index in [0.29, 0.717) is 17.5 Å². The van der Waals surface area contributed by atoms with Crippen LogP contribution in [-0.2, 0) is 0 Å². The van der Waals surface area contributed by atoms with E-state index in [1.807, 2.05) is 18.2 Å². The van der Waals surface area contributed by atoms with Crippen molar-refractivity contribution in [2.45, 2.75) is 0 Å². The van der Waals surface area contributed by atoms with Crippen LogP contribution in [0.15, 0.2) is 223 Å². The van der Waals surface area contributed by atoms with Gasteiger partial charge in [-0.3, -0.25) is 0 Å². The van der Waals surface area contributed by atoms with E-state index in [4.69, 9.17) is 19.4 Å². The van der Waals surface area contributed by atoms with Crippen LogP contribution in [0, 0.1) is 0 Å². The van der Waals surface area contributed by atoms with Gasteiger partial charge in [-0.05, 0) is 104 Å². The maximum atomic E-state index is 6.40. The summed E-state index contributed by atoms with van der Waals surface area (Å²) in [5.74, 6) is 1.77. The Bertz CT molecular complexity index is 3980. The van der Waals surface area contributed by atoms with Crippen molar-refractivity contribution >= 4 is 54.5 Å². The lowest BCUT2D eigenvalue weighted by Crippen LogP contribution is -2.01. The molecule has 5 heteroatoms. The number of benzene rings is 10. The van der Waals surface area contributed by atoms with E-state index >= 15 is 0 Å². The highest BCUT2D eigenvalue weighted by Crippen LogP contribution is 2.55. The fourth-order valence-electron chi connectivity index (χ4n) is 10.5. The summed E-state index contributed by atoms with van der Waals surface area (Å²) in [5, 5.41) is 6.85. The number of aromatic nitrogens is 4. The summed E-state index contributed by atoms with van der Waals surface area (Å²) < 4.78 is 8.74. The van der Waals surface area contributed by atoms with Gasteiger partial charge in [-0.2, -0.15) is 0 Å². The predicted octanol–water partition coefficient (Wildman–Crippen LogP) is 16.0. The van der Waals surface area contributed by atoms with E-state index < -0.39 is 0 Å². The van der Waals surface area contributed by atoms with Gasteiger partial charge in [-0.1, -0.05) is 170 Å². The van der Waals surface area contributed by atoms with E-state index in [9.17, 15) is 0 Å². The van der Waals surface area contributed by atoms with Crippen molar-refractivity contribution in [3.63, 3.8) is 0 Å². The minimum absolute atomic E-state index is 0.573. The molecule has 0 fully saturated rings. The summed E-state index contributed by atoms with van der Waals surface area (Å²) >= 11 is 0. The van der Waals surface area contributed by atoms with Crippen molar-refractivity contribution in [1.29, 1.82) is 0 Å². The van der Waals surface area contributed by atoms with Crippen LogP contribution in [-0.4, -0.2) is 19.5 Å². The largest absolute Gasteiger partial charge is 0.456 e. The van der Waals surface area contributed by atoms with Gasteiger partial charge in [0, 0.05) is 43.9 Å². The Balaban J connectivity index is 0.997. The highest BCUT2D eigenvalue weighted by Gasteiger charge is 2.29. The fourth-order valence-corrected chi connectivity index (χ4v) is 10.5. The minimum atomic E-state index is 0.573. The van der Waals surface area contributed by atoms with Crippen molar-refractivity contribution in [2.24, 2.45) is 0 Å². The van der Waals surface area contributed by atoms with E-state index in [1.54, 1.807) is 0 Å². The number of furan rings is 1. The zero-order chi connectivity index (χ0) is 43.3. The zero-order valence-electron chi connectivity index (χ0n) is 35.5. The molecule has 0 saturated carbocycles. The molecule has 0 spiro atoms. The van der Waals surface area contributed by atoms with Crippen molar-refractivity contribution in [2.75, 3.05) is 0 Å². The molecule has 0 radical (unpaired) electrons. The molecule has 0 saturated heterocycles. The Morgan fingerprint density at radius 3 is 1.50 bits per heavy atom. The first-order valence-corrected chi connectivity index (χ1v) is 22.3. The summed E-state index contributed by atoms with van der Waals surface area (Å²) in [6, 6.07) is 77.4. The second kappa shape index (κ2) is 14.3. The molecule has 5 nitrogen and oxygen atoms in total. The van der Waals surface area contributed by atoms with Crippen LogP contribution >= 0.6 is 0 Å². The van der Waals surface area contributed by atoms with Crippen LogP contribution in [0.4, 0.5) is 0 Å². The van der Waals surface area contributed by atoms with Crippen LogP contribution in [0.3, 0.4) is 0 Å². The molecule has 306 valence electrons. The maximum absolute atomic E-state index is 6.40. The molecule has 1 aliphatic rings. The molecule has 10 aromatic carbocycles. The standard InChI is InChI=1S/C61H36N4O/c1-3-15-37(16-4-1)42-31-32-43(38-17-5-2-6-18-38)58-51-34-33-49(48-24-14-25-50(56(48)51)57(42)58)61-63-59(62-60(64-61)40-29-30-47-46-23-9-12-28-54(46)66-55(47)36-40)39-19-13-20-41(35-39)65-52-26-10-7-21-44(52)45-22-8-11-27-53(45)65/h1-36H. The van der Waals surface area contributed by atoms with Gasteiger partial charge < -0.3 is 8.98 Å². The van der Waals surface area contributed by atoms with Crippen LogP contribution in [0.1, 0.15) is 0 Å².